The fourth-order valence-corrected chi connectivity index (χ4v) is 4.38. The van der Waals surface area contributed by atoms with Gasteiger partial charge in [-0.05, 0) is 31.5 Å². The van der Waals surface area contributed by atoms with E-state index >= 15 is 0 Å². The summed E-state index contributed by atoms with van der Waals surface area (Å²) in [7, 11) is 0. The van der Waals surface area contributed by atoms with Crippen LogP contribution in [0.2, 0.25) is 0 Å². The Morgan fingerprint density at radius 2 is 1.86 bits per heavy atom. The number of aromatic nitrogens is 5. The Balaban J connectivity index is 1.20. The average Bonchev–Trinajstić information content (AvgIpc) is 3.37. The van der Waals surface area contributed by atoms with Gasteiger partial charge in [0.1, 0.15) is 17.5 Å². The minimum absolute atomic E-state index is 0.527. The van der Waals surface area contributed by atoms with Crippen molar-refractivity contribution in [3.8, 4) is 0 Å². The summed E-state index contributed by atoms with van der Waals surface area (Å²) in [6.45, 7) is 6.82. The van der Waals surface area contributed by atoms with Gasteiger partial charge in [-0.25, -0.2) is 4.98 Å². The first kappa shape index (κ1) is 17.6. The molecular formula is C21H27N7. The van der Waals surface area contributed by atoms with E-state index in [-0.39, 0.29) is 0 Å². The summed E-state index contributed by atoms with van der Waals surface area (Å²) in [6.07, 6.45) is 6.29. The first-order valence-corrected chi connectivity index (χ1v) is 10.3. The highest BCUT2D eigenvalue weighted by molar-refractivity contribution is 5.16. The Labute approximate surface area is 165 Å². The van der Waals surface area contributed by atoms with E-state index in [2.05, 4.69) is 71.1 Å². The molecule has 3 aromatic rings. The molecule has 5 rings (SSSR count). The quantitative estimate of drug-likeness (QED) is 0.737. The van der Waals surface area contributed by atoms with E-state index in [9.17, 15) is 0 Å². The van der Waals surface area contributed by atoms with Crippen LogP contribution in [0.25, 0.3) is 0 Å². The lowest BCUT2D eigenvalue weighted by atomic mass is 9.95. The molecule has 7 heteroatoms. The number of rotatable bonds is 5. The summed E-state index contributed by atoms with van der Waals surface area (Å²) >= 11 is 0. The van der Waals surface area contributed by atoms with Crippen LogP contribution in [0.4, 0.5) is 0 Å². The minimum Gasteiger partial charge on any atom is -0.329 e. The standard InChI is InChI=1S/C21H27N7/c1-2-4-17(5-3-1)15-27-12-9-23-20(27)16-26-10-6-18(7-11-26)21-25-24-19-14-22-8-13-28(19)21/h1-5,9,12,18,22H,6-8,10-11,13-16H2. The molecule has 1 N–H and O–H groups in total. The van der Waals surface area contributed by atoms with Crippen LogP contribution in [0.15, 0.2) is 42.7 Å². The van der Waals surface area contributed by atoms with Gasteiger partial charge in [0.25, 0.3) is 0 Å². The monoisotopic (exact) mass is 377 g/mol. The Hall–Kier alpha value is -2.51. The van der Waals surface area contributed by atoms with Gasteiger partial charge in [-0.3, -0.25) is 4.90 Å². The van der Waals surface area contributed by atoms with E-state index in [4.69, 9.17) is 0 Å². The minimum atomic E-state index is 0.527. The van der Waals surface area contributed by atoms with Crippen LogP contribution < -0.4 is 5.32 Å². The molecule has 28 heavy (non-hydrogen) atoms. The molecule has 1 saturated heterocycles. The molecule has 0 radical (unpaired) electrons. The van der Waals surface area contributed by atoms with Crippen molar-refractivity contribution in [1.29, 1.82) is 0 Å². The molecule has 1 fully saturated rings. The smallest absolute Gasteiger partial charge is 0.147 e. The van der Waals surface area contributed by atoms with E-state index in [0.717, 1.165) is 70.3 Å². The molecule has 146 valence electrons. The summed E-state index contributed by atoms with van der Waals surface area (Å²) in [6, 6.07) is 10.6. The van der Waals surface area contributed by atoms with Crippen LogP contribution in [0.3, 0.4) is 0 Å². The predicted molar refractivity (Wildman–Crippen MR) is 107 cm³/mol. The van der Waals surface area contributed by atoms with Crippen LogP contribution in [0, 0.1) is 0 Å². The van der Waals surface area contributed by atoms with Crippen LogP contribution >= 0.6 is 0 Å². The van der Waals surface area contributed by atoms with Crippen molar-refractivity contribution < 1.29 is 0 Å². The van der Waals surface area contributed by atoms with E-state index < -0.39 is 0 Å². The second-order valence-electron chi connectivity index (χ2n) is 7.81. The summed E-state index contributed by atoms with van der Waals surface area (Å²) < 4.78 is 4.60. The number of nitrogens with one attached hydrogen (secondary N) is 1. The van der Waals surface area contributed by atoms with Gasteiger partial charge in [0, 0.05) is 37.9 Å². The van der Waals surface area contributed by atoms with Crippen molar-refractivity contribution in [2.75, 3.05) is 19.6 Å². The average molecular weight is 377 g/mol. The third-order valence-corrected chi connectivity index (χ3v) is 5.97. The molecule has 1 aromatic carbocycles. The number of fused-ring (bicyclic) bond motifs is 1. The number of hydrogen-bond acceptors (Lipinski definition) is 5. The largest absolute Gasteiger partial charge is 0.329 e. The third kappa shape index (κ3) is 3.59. The molecule has 2 aliphatic heterocycles. The summed E-state index contributed by atoms with van der Waals surface area (Å²) in [5.74, 6) is 3.96. The lowest BCUT2D eigenvalue weighted by Gasteiger charge is -2.31. The van der Waals surface area contributed by atoms with Gasteiger partial charge in [-0.15, -0.1) is 10.2 Å². The first-order chi connectivity index (χ1) is 13.9. The van der Waals surface area contributed by atoms with E-state index in [1.807, 2.05) is 6.20 Å². The van der Waals surface area contributed by atoms with Crippen LogP contribution in [-0.4, -0.2) is 48.8 Å². The van der Waals surface area contributed by atoms with Gasteiger partial charge >= 0.3 is 0 Å². The Morgan fingerprint density at radius 1 is 1.00 bits per heavy atom. The lowest BCUT2D eigenvalue weighted by molar-refractivity contribution is 0.193. The SMILES string of the molecule is c1ccc(Cn2ccnc2CN2CCC(c3nnc4n3CCNC4)CC2)cc1. The van der Waals surface area contributed by atoms with Crippen LogP contribution in [0.5, 0.6) is 0 Å². The van der Waals surface area contributed by atoms with E-state index in [1.54, 1.807) is 0 Å². The summed E-state index contributed by atoms with van der Waals surface area (Å²) in [4.78, 5) is 7.14. The topological polar surface area (TPSA) is 63.8 Å². The molecule has 2 aromatic heterocycles. The Bertz CT molecular complexity index is 906. The van der Waals surface area contributed by atoms with Gasteiger partial charge in [-0.2, -0.15) is 0 Å². The zero-order valence-electron chi connectivity index (χ0n) is 16.2. The molecule has 0 saturated carbocycles. The number of piperidine rings is 1. The van der Waals surface area contributed by atoms with Crippen LogP contribution in [-0.2, 0) is 26.2 Å². The molecule has 0 unspecified atom stereocenters. The molecule has 7 nitrogen and oxygen atoms in total. The highest BCUT2D eigenvalue weighted by Crippen LogP contribution is 2.28. The zero-order chi connectivity index (χ0) is 18.8. The number of nitrogens with zero attached hydrogens (tertiary/aromatic N) is 6. The van der Waals surface area contributed by atoms with E-state index in [1.165, 1.54) is 11.4 Å². The fraction of sp³-hybridized carbons (Fsp3) is 0.476. The maximum Gasteiger partial charge on any atom is 0.147 e. The number of benzene rings is 1. The van der Waals surface area contributed by atoms with Crippen molar-refractivity contribution >= 4 is 0 Å². The van der Waals surface area contributed by atoms with Gasteiger partial charge in [0.05, 0.1) is 13.1 Å². The van der Waals surface area contributed by atoms with E-state index in [0.29, 0.717) is 5.92 Å². The molecule has 0 bridgehead atoms. The Kier molecular flexibility index (Phi) is 4.93. The van der Waals surface area contributed by atoms with Crippen LogP contribution in [0.1, 0.15) is 41.8 Å². The molecule has 0 amide bonds. The van der Waals surface area contributed by atoms with Gasteiger partial charge in [0.15, 0.2) is 0 Å². The lowest BCUT2D eigenvalue weighted by Crippen LogP contribution is -2.35. The molecule has 0 spiro atoms. The molecule has 2 aliphatic rings. The van der Waals surface area contributed by atoms with Gasteiger partial charge in [-0.1, -0.05) is 30.3 Å². The number of likely N-dealkylation sites (tertiary alicyclic amines) is 1. The maximum atomic E-state index is 4.62. The number of hydrogen-bond donors (Lipinski definition) is 1. The predicted octanol–water partition coefficient (Wildman–Crippen LogP) is 2.01. The van der Waals surface area contributed by atoms with Crippen molar-refractivity contribution in [2.24, 2.45) is 0 Å². The molecule has 0 atom stereocenters. The fourth-order valence-electron chi connectivity index (χ4n) is 4.38. The summed E-state index contributed by atoms with van der Waals surface area (Å²) in [5.41, 5.74) is 1.31. The Morgan fingerprint density at radius 3 is 2.71 bits per heavy atom. The van der Waals surface area contributed by atoms with Crippen molar-refractivity contribution in [3.63, 3.8) is 0 Å². The molecule has 0 aliphatic carbocycles. The summed E-state index contributed by atoms with van der Waals surface area (Å²) in [5, 5.41) is 12.3. The second-order valence-corrected chi connectivity index (χ2v) is 7.81. The van der Waals surface area contributed by atoms with Gasteiger partial charge < -0.3 is 14.5 Å². The van der Waals surface area contributed by atoms with Crippen molar-refractivity contribution in [1.82, 2.24) is 34.5 Å². The zero-order valence-corrected chi connectivity index (χ0v) is 16.2. The van der Waals surface area contributed by atoms with Gasteiger partial charge in [0.2, 0.25) is 0 Å². The highest BCUT2D eigenvalue weighted by Gasteiger charge is 2.27. The second kappa shape index (κ2) is 7.85. The maximum absolute atomic E-state index is 4.62. The molecular weight excluding hydrogens is 350 g/mol. The van der Waals surface area contributed by atoms with Crippen molar-refractivity contribution in [2.45, 2.75) is 44.9 Å². The van der Waals surface area contributed by atoms with Crippen molar-refractivity contribution in [3.05, 3.63) is 65.8 Å². The number of imidazole rings is 1. The highest BCUT2D eigenvalue weighted by atomic mass is 15.3. The first-order valence-electron chi connectivity index (χ1n) is 10.3. The third-order valence-electron chi connectivity index (χ3n) is 5.97. The molecule has 4 heterocycles. The normalized spacial score (nSPS) is 18.3.